The Balaban J connectivity index is 2.48. The first-order valence-electron chi connectivity index (χ1n) is 6.02. The lowest BCUT2D eigenvalue weighted by Gasteiger charge is -2.09. The van der Waals surface area contributed by atoms with Crippen LogP contribution in [0.1, 0.15) is 20.3 Å². The Hall–Kier alpha value is -1.23. The molecule has 2 N–H and O–H groups in total. The van der Waals surface area contributed by atoms with Crippen LogP contribution in [0.3, 0.4) is 0 Å². The molecule has 0 unspecified atom stereocenters. The number of rotatable bonds is 7. The molecule has 1 aromatic rings. The van der Waals surface area contributed by atoms with Gasteiger partial charge in [-0.2, -0.15) is 11.8 Å². The van der Waals surface area contributed by atoms with Crippen LogP contribution in [-0.2, 0) is 4.79 Å². The van der Waals surface area contributed by atoms with Gasteiger partial charge < -0.3 is 10.6 Å². The topological polar surface area (TPSA) is 41.1 Å². The molecule has 0 saturated carbocycles. The molecule has 0 saturated heterocycles. The molecule has 100 valence electrons. The number of anilines is 2. The molecule has 0 aromatic heterocycles. The van der Waals surface area contributed by atoms with Gasteiger partial charge >= 0.3 is 0 Å². The Labute approximate surface area is 112 Å². The molecule has 0 aliphatic heterocycles. The quantitative estimate of drug-likeness (QED) is 0.747. The van der Waals surface area contributed by atoms with E-state index in [1.54, 1.807) is 12.1 Å². The van der Waals surface area contributed by atoms with Gasteiger partial charge in [0.15, 0.2) is 0 Å². The number of thioether (sulfide) groups is 1. The molecule has 1 amide bonds. The fraction of sp³-hybridized carbons (Fsp3) is 0.462. The molecule has 1 aromatic carbocycles. The van der Waals surface area contributed by atoms with Gasteiger partial charge in [0.05, 0.1) is 5.69 Å². The first-order valence-corrected chi connectivity index (χ1v) is 7.17. The number of hydrogen-bond acceptors (Lipinski definition) is 3. The molecule has 0 aliphatic rings. The van der Waals surface area contributed by atoms with E-state index < -0.39 is 5.82 Å². The minimum Gasteiger partial charge on any atom is -0.385 e. The summed E-state index contributed by atoms with van der Waals surface area (Å²) in [6.45, 7) is 4.34. The van der Waals surface area contributed by atoms with Crippen molar-refractivity contribution in [1.29, 1.82) is 0 Å². The van der Waals surface area contributed by atoms with Gasteiger partial charge in [0.25, 0.3) is 0 Å². The van der Waals surface area contributed by atoms with Crippen LogP contribution in [0.15, 0.2) is 18.2 Å². The molecule has 0 spiro atoms. The Morgan fingerprint density at radius 1 is 1.44 bits per heavy atom. The van der Waals surface area contributed by atoms with Crippen molar-refractivity contribution in [3.63, 3.8) is 0 Å². The van der Waals surface area contributed by atoms with Crippen molar-refractivity contribution in [3.8, 4) is 0 Å². The average Bonchev–Trinajstić information content (AvgIpc) is 2.32. The van der Waals surface area contributed by atoms with Crippen molar-refractivity contribution in [1.82, 2.24) is 0 Å². The fourth-order valence-corrected chi connectivity index (χ4v) is 2.11. The molecule has 0 fully saturated rings. The molecule has 0 heterocycles. The summed E-state index contributed by atoms with van der Waals surface area (Å²) < 4.78 is 13.4. The summed E-state index contributed by atoms with van der Waals surface area (Å²) in [5.74, 6) is 1.55. The summed E-state index contributed by atoms with van der Waals surface area (Å²) in [5.41, 5.74) is 1.04. The molecular formula is C13H19FN2OS. The maximum Gasteiger partial charge on any atom is 0.221 e. The molecule has 3 nitrogen and oxygen atoms in total. The van der Waals surface area contributed by atoms with Crippen molar-refractivity contribution in [3.05, 3.63) is 24.0 Å². The predicted molar refractivity (Wildman–Crippen MR) is 76.8 cm³/mol. The van der Waals surface area contributed by atoms with Crippen LogP contribution in [0.4, 0.5) is 15.8 Å². The SMILES string of the molecule is CCSCCCNc1ccc(F)c(NC(C)=O)c1. The van der Waals surface area contributed by atoms with Gasteiger partial charge in [0.2, 0.25) is 5.91 Å². The molecule has 18 heavy (non-hydrogen) atoms. The lowest BCUT2D eigenvalue weighted by Crippen LogP contribution is -2.09. The second kappa shape index (κ2) is 7.97. The van der Waals surface area contributed by atoms with Crippen LogP contribution in [0.5, 0.6) is 0 Å². The number of benzene rings is 1. The summed E-state index contributed by atoms with van der Waals surface area (Å²) in [6, 6.07) is 4.64. The molecular weight excluding hydrogens is 251 g/mol. The zero-order valence-corrected chi connectivity index (χ0v) is 11.6. The first kappa shape index (κ1) is 14.8. The van der Waals surface area contributed by atoms with E-state index in [0.717, 1.165) is 30.2 Å². The maximum absolute atomic E-state index is 13.4. The van der Waals surface area contributed by atoms with Gasteiger partial charge in [-0.1, -0.05) is 6.92 Å². The van der Waals surface area contributed by atoms with E-state index in [2.05, 4.69) is 17.6 Å². The van der Waals surface area contributed by atoms with Crippen molar-refractivity contribution in [2.75, 3.05) is 28.7 Å². The van der Waals surface area contributed by atoms with E-state index in [9.17, 15) is 9.18 Å². The van der Waals surface area contributed by atoms with Crippen LogP contribution in [0, 0.1) is 5.82 Å². The number of amides is 1. The third-order valence-corrected chi connectivity index (χ3v) is 3.26. The van der Waals surface area contributed by atoms with Crippen LogP contribution < -0.4 is 10.6 Å². The molecule has 0 bridgehead atoms. The summed E-state index contributed by atoms with van der Waals surface area (Å²) in [7, 11) is 0. The minimum absolute atomic E-state index is 0.218. The standard InChI is InChI=1S/C13H19FN2OS/c1-3-18-8-4-7-15-11-5-6-12(14)13(9-11)16-10(2)17/h5-6,9,15H,3-4,7-8H2,1-2H3,(H,16,17). The second-order valence-electron chi connectivity index (χ2n) is 3.85. The van der Waals surface area contributed by atoms with Gasteiger partial charge in [-0.15, -0.1) is 0 Å². The Morgan fingerprint density at radius 3 is 2.89 bits per heavy atom. The first-order chi connectivity index (χ1) is 8.63. The summed E-state index contributed by atoms with van der Waals surface area (Å²) in [5, 5.41) is 5.68. The Bertz CT molecular complexity index is 399. The lowest BCUT2D eigenvalue weighted by molar-refractivity contribution is -0.114. The molecule has 1 rings (SSSR count). The number of carbonyl (C=O) groups is 1. The largest absolute Gasteiger partial charge is 0.385 e. The number of hydrogen-bond donors (Lipinski definition) is 2. The highest BCUT2D eigenvalue weighted by atomic mass is 32.2. The lowest BCUT2D eigenvalue weighted by atomic mass is 10.2. The van der Waals surface area contributed by atoms with Crippen LogP contribution in [0.25, 0.3) is 0 Å². The monoisotopic (exact) mass is 270 g/mol. The highest BCUT2D eigenvalue weighted by Gasteiger charge is 2.04. The van der Waals surface area contributed by atoms with Crippen LogP contribution in [0.2, 0.25) is 0 Å². The van der Waals surface area contributed by atoms with Gasteiger partial charge in [0.1, 0.15) is 5.82 Å². The average molecular weight is 270 g/mol. The van der Waals surface area contributed by atoms with Gasteiger partial charge in [-0.25, -0.2) is 4.39 Å². The Kier molecular flexibility index (Phi) is 6.57. The minimum atomic E-state index is -0.419. The maximum atomic E-state index is 13.4. The van der Waals surface area contributed by atoms with Crippen LogP contribution >= 0.6 is 11.8 Å². The van der Waals surface area contributed by atoms with Crippen LogP contribution in [-0.4, -0.2) is 24.0 Å². The third-order valence-electron chi connectivity index (χ3n) is 2.28. The van der Waals surface area contributed by atoms with Crippen molar-refractivity contribution in [2.24, 2.45) is 0 Å². The van der Waals surface area contributed by atoms with E-state index >= 15 is 0 Å². The van der Waals surface area contributed by atoms with Gasteiger partial charge in [-0.3, -0.25) is 4.79 Å². The highest BCUT2D eigenvalue weighted by molar-refractivity contribution is 7.99. The van der Waals surface area contributed by atoms with Gasteiger partial charge in [-0.05, 0) is 36.1 Å². The molecule has 5 heteroatoms. The van der Waals surface area contributed by atoms with E-state index in [1.807, 2.05) is 11.8 Å². The van der Waals surface area contributed by atoms with Crippen molar-refractivity contribution < 1.29 is 9.18 Å². The normalized spacial score (nSPS) is 10.2. The fourth-order valence-electron chi connectivity index (χ4n) is 1.47. The van der Waals surface area contributed by atoms with E-state index in [4.69, 9.17) is 0 Å². The zero-order chi connectivity index (χ0) is 13.4. The second-order valence-corrected chi connectivity index (χ2v) is 5.25. The molecule has 0 radical (unpaired) electrons. The zero-order valence-electron chi connectivity index (χ0n) is 10.8. The van der Waals surface area contributed by atoms with E-state index in [1.165, 1.54) is 13.0 Å². The molecule has 0 aliphatic carbocycles. The highest BCUT2D eigenvalue weighted by Crippen LogP contribution is 2.19. The van der Waals surface area contributed by atoms with Crippen molar-refractivity contribution >= 4 is 29.0 Å². The summed E-state index contributed by atoms with van der Waals surface area (Å²) in [6.07, 6.45) is 1.06. The number of carbonyl (C=O) groups excluding carboxylic acids is 1. The summed E-state index contributed by atoms with van der Waals surface area (Å²) >= 11 is 1.90. The van der Waals surface area contributed by atoms with Gasteiger partial charge in [0, 0.05) is 19.2 Å². The van der Waals surface area contributed by atoms with Crippen molar-refractivity contribution in [2.45, 2.75) is 20.3 Å². The predicted octanol–water partition coefficient (Wildman–Crippen LogP) is 3.34. The smallest absolute Gasteiger partial charge is 0.221 e. The molecule has 0 atom stereocenters. The summed E-state index contributed by atoms with van der Waals surface area (Å²) in [4.78, 5) is 10.9. The van der Waals surface area contributed by atoms with E-state index in [0.29, 0.717) is 0 Å². The number of halogens is 1. The number of nitrogens with one attached hydrogen (secondary N) is 2. The Morgan fingerprint density at radius 2 is 2.22 bits per heavy atom. The van der Waals surface area contributed by atoms with E-state index in [-0.39, 0.29) is 11.6 Å². The third kappa shape index (κ3) is 5.40.